The van der Waals surface area contributed by atoms with Crippen molar-refractivity contribution in [1.29, 1.82) is 0 Å². The van der Waals surface area contributed by atoms with Gasteiger partial charge in [-0.05, 0) is 18.7 Å². The molecule has 3 saturated heterocycles. The van der Waals surface area contributed by atoms with E-state index >= 15 is 0 Å². The van der Waals surface area contributed by atoms with Crippen molar-refractivity contribution in [3.05, 3.63) is 35.2 Å². The summed E-state index contributed by atoms with van der Waals surface area (Å²) >= 11 is 5.31. The Morgan fingerprint density at radius 2 is 1.89 bits per heavy atom. The molecule has 4 aromatic rings. The zero-order valence-electron chi connectivity index (χ0n) is 23.2. The van der Waals surface area contributed by atoms with E-state index in [4.69, 9.17) is 40.2 Å². The molecule has 0 saturated carbocycles. The highest BCUT2D eigenvalue weighted by atomic mass is 32.5. The minimum atomic E-state index is -4.55. The van der Waals surface area contributed by atoms with Crippen LogP contribution in [0.5, 0.6) is 0 Å². The van der Waals surface area contributed by atoms with Gasteiger partial charge < -0.3 is 39.2 Å². The van der Waals surface area contributed by atoms with E-state index in [0.717, 1.165) is 0 Å². The lowest BCUT2D eigenvalue weighted by atomic mass is 9.99. The number of hydrogen-bond donors (Lipinski definition) is 5. The van der Waals surface area contributed by atoms with Crippen LogP contribution in [0.3, 0.4) is 0 Å². The number of aromatic nitrogens is 8. The first-order valence-corrected chi connectivity index (χ1v) is 17.5. The molecule has 4 aromatic heterocycles. The number of rotatable bonds is 3. The second kappa shape index (κ2) is 11.3. The highest BCUT2D eigenvalue weighted by Crippen LogP contribution is 2.50. The first-order chi connectivity index (χ1) is 21.4. The summed E-state index contributed by atoms with van der Waals surface area (Å²) in [5, 5.41) is 10.3. The van der Waals surface area contributed by atoms with Crippen molar-refractivity contribution in [2.75, 3.05) is 25.5 Å². The Bertz CT molecular complexity index is 1990. The molecule has 0 aromatic carbocycles. The quantitative estimate of drug-likeness (QED) is 0.153. The minimum absolute atomic E-state index is 0.0170. The second-order valence-corrected chi connectivity index (χ2v) is 14.8. The molecule has 0 spiro atoms. The van der Waals surface area contributed by atoms with E-state index < -0.39 is 78.6 Å². The van der Waals surface area contributed by atoms with Gasteiger partial charge in [0.15, 0.2) is 28.9 Å². The molecule has 45 heavy (non-hydrogen) atoms. The van der Waals surface area contributed by atoms with Gasteiger partial charge in [-0.2, -0.15) is 13.1 Å². The number of aromatic amines is 1. The zero-order chi connectivity index (χ0) is 31.7. The van der Waals surface area contributed by atoms with E-state index in [1.807, 2.05) is 0 Å². The monoisotopic (exact) mass is 686 g/mol. The van der Waals surface area contributed by atoms with Crippen molar-refractivity contribution in [3.8, 4) is 0 Å². The third-order valence-corrected chi connectivity index (χ3v) is 10.4. The highest BCUT2D eigenvalue weighted by Gasteiger charge is 2.50. The number of hydrogen-bond acceptors (Lipinski definition) is 16. The predicted octanol–water partition coefficient (Wildman–Crippen LogP) is -1.50. The molecule has 0 radical (unpaired) electrons. The predicted molar refractivity (Wildman–Crippen MR) is 155 cm³/mol. The lowest BCUT2D eigenvalue weighted by Crippen LogP contribution is -2.42. The highest BCUT2D eigenvalue weighted by molar-refractivity contribution is 8.07. The molecule has 3 aliphatic heterocycles. The molecule has 23 heteroatoms. The summed E-state index contributed by atoms with van der Waals surface area (Å²) in [6, 6.07) is 0. The number of aliphatic hydroxyl groups is 1. The normalized spacial score (nSPS) is 33.9. The fourth-order valence-electron chi connectivity index (χ4n) is 5.71. The summed E-state index contributed by atoms with van der Waals surface area (Å²) in [4.78, 5) is 46.8. The van der Waals surface area contributed by atoms with Crippen molar-refractivity contribution >= 4 is 57.0 Å². The first-order valence-electron chi connectivity index (χ1n) is 13.5. The summed E-state index contributed by atoms with van der Waals surface area (Å²) < 4.78 is 61.3. The summed E-state index contributed by atoms with van der Waals surface area (Å²) in [6.45, 7) is -3.78. The van der Waals surface area contributed by atoms with Crippen LogP contribution < -0.4 is 16.0 Å². The van der Waals surface area contributed by atoms with Gasteiger partial charge in [0.2, 0.25) is 0 Å². The molecule has 8 unspecified atom stereocenters. The van der Waals surface area contributed by atoms with Crippen LogP contribution in [0.15, 0.2) is 23.8 Å². The van der Waals surface area contributed by atoms with Crippen LogP contribution in [0.25, 0.3) is 22.3 Å². The maximum atomic E-state index is 13.3. The first kappa shape index (κ1) is 30.6. The van der Waals surface area contributed by atoms with Gasteiger partial charge in [0, 0.05) is 18.9 Å². The van der Waals surface area contributed by atoms with Crippen LogP contribution in [0.4, 0.5) is 5.82 Å². The van der Waals surface area contributed by atoms with Crippen LogP contribution >= 0.6 is 6.72 Å². The van der Waals surface area contributed by atoms with E-state index in [0.29, 0.717) is 11.2 Å². The van der Waals surface area contributed by atoms with Gasteiger partial charge in [-0.25, -0.2) is 29.1 Å². The minimum Gasteiger partial charge on any atom is -0.396 e. The average molecular weight is 687 g/mol. The largest absolute Gasteiger partial charge is 0.396 e. The molecule has 20 nitrogen and oxygen atoms in total. The number of imidazole rings is 2. The molecule has 8 atom stereocenters. The number of nitrogen functional groups attached to an aromatic ring is 1. The molecule has 7 heterocycles. The van der Waals surface area contributed by atoms with Crippen molar-refractivity contribution in [2.45, 2.75) is 50.2 Å². The maximum Gasteiger partial charge on any atom is 0.336 e. The smallest absolute Gasteiger partial charge is 0.336 e. The summed E-state index contributed by atoms with van der Waals surface area (Å²) in [7, 11) is -4.55. The summed E-state index contributed by atoms with van der Waals surface area (Å²) in [6.07, 6.45) is -2.22. The average Bonchev–Trinajstić information content (AvgIpc) is 3.74. The number of H-pyrrole nitrogens is 1. The Balaban J connectivity index is 1.21. The molecular formula is C22H27N10O10PS2. The Kier molecular flexibility index (Phi) is 7.72. The number of aliphatic hydroxyl groups excluding tert-OH is 1. The van der Waals surface area contributed by atoms with Gasteiger partial charge in [0.25, 0.3) is 5.56 Å². The van der Waals surface area contributed by atoms with Gasteiger partial charge in [-0.1, -0.05) is 0 Å². The maximum absolute atomic E-state index is 13.3. The van der Waals surface area contributed by atoms with E-state index in [-0.39, 0.29) is 35.8 Å². The van der Waals surface area contributed by atoms with Crippen molar-refractivity contribution in [2.24, 2.45) is 5.92 Å². The van der Waals surface area contributed by atoms with Crippen molar-refractivity contribution in [1.82, 2.24) is 43.8 Å². The van der Waals surface area contributed by atoms with Crippen LogP contribution in [-0.4, -0.2) is 102 Å². The molecule has 242 valence electrons. The van der Waals surface area contributed by atoms with Gasteiger partial charge >= 0.3 is 17.0 Å². The number of anilines is 1. The summed E-state index contributed by atoms with van der Waals surface area (Å²) in [5.41, 5.74) is 6.20. The molecule has 2 bridgehead atoms. The number of nitrogens with zero attached hydrogens (tertiary/aromatic N) is 7. The standard InChI is InChI=1S/C22H27N10O10PS2/c1-9-29-20-16(21(34)30-9)27-8-32(20)22-17-10(4-33)13(40-22)5-38-43(35,44)41-11-2-14(39-12(11)3-28-45(36,37)42-17)31-7-26-15-18(23)24-6-25-19(15)31/h6-8,10-14,17,22,28,33H,2-5H2,1H3,(H,35,44)(H2,23,24,25)(H,29,30,34). The Morgan fingerprint density at radius 1 is 1.11 bits per heavy atom. The fraction of sp³-hybridized carbons (Fsp3) is 0.545. The van der Waals surface area contributed by atoms with Crippen LogP contribution in [0.1, 0.15) is 24.7 Å². The zero-order valence-corrected chi connectivity index (χ0v) is 25.8. The second-order valence-electron chi connectivity index (χ2n) is 10.6. The molecule has 6 N–H and O–H groups in total. The van der Waals surface area contributed by atoms with Gasteiger partial charge in [0.05, 0.1) is 38.1 Å². The number of nitrogens with two attached hydrogens (primary N) is 1. The molecule has 7 rings (SSSR count). The number of ether oxygens (including phenoxy) is 2. The Labute approximate surface area is 258 Å². The third-order valence-electron chi connectivity index (χ3n) is 7.78. The third kappa shape index (κ3) is 5.65. The van der Waals surface area contributed by atoms with Crippen LogP contribution in [0.2, 0.25) is 0 Å². The van der Waals surface area contributed by atoms with Gasteiger partial charge in [-0.3, -0.25) is 13.9 Å². The fourth-order valence-corrected chi connectivity index (χ4v) is 8.15. The Morgan fingerprint density at radius 3 is 2.69 bits per heavy atom. The van der Waals surface area contributed by atoms with Crippen molar-refractivity contribution in [3.63, 3.8) is 0 Å². The van der Waals surface area contributed by atoms with Gasteiger partial charge in [-0.15, -0.1) is 0 Å². The molecule has 3 aliphatic rings. The lowest BCUT2D eigenvalue weighted by Gasteiger charge is -2.25. The van der Waals surface area contributed by atoms with E-state index in [1.54, 1.807) is 11.5 Å². The summed E-state index contributed by atoms with van der Waals surface area (Å²) in [5.74, 6) is -0.550. The number of aryl methyl sites for hydroxylation is 1. The van der Waals surface area contributed by atoms with Crippen LogP contribution in [0, 0.1) is 12.8 Å². The van der Waals surface area contributed by atoms with E-state index in [1.165, 1.54) is 23.5 Å². The van der Waals surface area contributed by atoms with Gasteiger partial charge in [0.1, 0.15) is 36.1 Å². The van der Waals surface area contributed by atoms with E-state index in [2.05, 4.69) is 34.6 Å². The molecule has 3 fully saturated rings. The van der Waals surface area contributed by atoms with Crippen molar-refractivity contribution < 1.29 is 41.1 Å². The van der Waals surface area contributed by atoms with Crippen LogP contribution in [-0.2, 0) is 44.8 Å². The SMILES string of the molecule is Cc1nc2c(ncn2C2OC3COP(O)(=S)OC4CC(n5cnc6c(N)ncnc65)OC4CNS(=O)(=O)OC2C3CO)c(=O)[nH]1. The Hall–Kier alpha value is -3.02. The molecule has 0 amide bonds. The molecular weight excluding hydrogens is 659 g/mol. The topological polar surface area (TPSA) is 266 Å². The number of nitrogens with one attached hydrogen (secondary N) is 2. The molecule has 0 aliphatic carbocycles. The lowest BCUT2D eigenvalue weighted by molar-refractivity contribution is -0.0474. The number of fused-ring (bicyclic) bond motifs is 5. The van der Waals surface area contributed by atoms with E-state index in [9.17, 15) is 23.2 Å².